The lowest BCUT2D eigenvalue weighted by atomic mass is 10.1. The Morgan fingerprint density at radius 2 is 2.00 bits per heavy atom. The number of nitrogen functional groups attached to an aromatic ring is 1. The summed E-state index contributed by atoms with van der Waals surface area (Å²) in [5.41, 5.74) is 8.57. The minimum Gasteiger partial charge on any atom is -0.398 e. The van der Waals surface area contributed by atoms with Crippen molar-refractivity contribution in [2.24, 2.45) is 0 Å². The molecule has 0 atom stereocenters. The second-order valence-corrected chi connectivity index (χ2v) is 3.83. The van der Waals surface area contributed by atoms with Gasteiger partial charge in [-0.05, 0) is 31.0 Å². The van der Waals surface area contributed by atoms with Crippen molar-refractivity contribution in [3.63, 3.8) is 0 Å². The molecule has 1 aromatic carbocycles. The minimum absolute atomic E-state index is 0.0481. The predicted molar refractivity (Wildman–Crippen MR) is 61.2 cm³/mol. The largest absolute Gasteiger partial charge is 0.398 e. The van der Waals surface area contributed by atoms with Gasteiger partial charge < -0.3 is 11.1 Å². The lowest BCUT2D eigenvalue weighted by Gasteiger charge is -2.19. The molecule has 1 saturated heterocycles. The van der Waals surface area contributed by atoms with Gasteiger partial charge in [-0.2, -0.15) is 0 Å². The number of rotatable bonds is 1. The van der Waals surface area contributed by atoms with Crippen LogP contribution < -0.4 is 16.0 Å². The fourth-order valence-electron chi connectivity index (χ4n) is 1.84. The maximum Gasteiger partial charge on any atom is 0.329 e. The van der Waals surface area contributed by atoms with Gasteiger partial charge in [-0.1, -0.05) is 6.07 Å². The Kier molecular flexibility index (Phi) is 2.30. The van der Waals surface area contributed by atoms with Gasteiger partial charge in [0, 0.05) is 5.69 Å². The number of benzene rings is 1. The van der Waals surface area contributed by atoms with E-state index in [2.05, 4.69) is 5.32 Å². The third kappa shape index (κ3) is 1.41. The summed E-state index contributed by atoms with van der Waals surface area (Å²) in [6.07, 6.45) is 0. The van der Waals surface area contributed by atoms with Gasteiger partial charge in [0.05, 0.1) is 12.2 Å². The zero-order valence-electron chi connectivity index (χ0n) is 9.20. The molecular weight excluding hydrogens is 206 g/mol. The van der Waals surface area contributed by atoms with Crippen LogP contribution in [0.4, 0.5) is 16.2 Å². The average molecular weight is 219 g/mol. The number of carbonyl (C=O) groups excluding carboxylic acids is 2. The van der Waals surface area contributed by atoms with Gasteiger partial charge in [-0.15, -0.1) is 0 Å². The van der Waals surface area contributed by atoms with Crippen LogP contribution in [0, 0.1) is 13.8 Å². The Bertz CT molecular complexity index is 466. The van der Waals surface area contributed by atoms with E-state index in [9.17, 15) is 9.59 Å². The smallest absolute Gasteiger partial charge is 0.329 e. The molecule has 1 heterocycles. The van der Waals surface area contributed by atoms with Crippen molar-refractivity contribution in [1.82, 2.24) is 5.32 Å². The van der Waals surface area contributed by atoms with E-state index >= 15 is 0 Å². The molecule has 0 unspecified atom stereocenters. The second kappa shape index (κ2) is 3.52. The van der Waals surface area contributed by atoms with Crippen molar-refractivity contribution >= 4 is 23.3 Å². The van der Waals surface area contributed by atoms with Crippen molar-refractivity contribution in [1.29, 1.82) is 0 Å². The summed E-state index contributed by atoms with van der Waals surface area (Å²) in [6, 6.07) is 3.19. The number of amides is 3. The first-order chi connectivity index (χ1) is 7.52. The first kappa shape index (κ1) is 10.5. The van der Waals surface area contributed by atoms with Gasteiger partial charge in [0.1, 0.15) is 0 Å². The monoisotopic (exact) mass is 219 g/mol. The van der Waals surface area contributed by atoms with E-state index in [1.807, 2.05) is 6.92 Å². The highest BCUT2D eigenvalue weighted by Crippen LogP contribution is 2.30. The van der Waals surface area contributed by atoms with Crippen molar-refractivity contribution in [2.75, 3.05) is 17.2 Å². The van der Waals surface area contributed by atoms with E-state index in [1.165, 1.54) is 0 Å². The lowest BCUT2D eigenvalue weighted by molar-refractivity contribution is -0.115. The molecule has 0 radical (unpaired) electrons. The molecule has 1 aliphatic heterocycles. The Balaban J connectivity index is 2.59. The first-order valence-electron chi connectivity index (χ1n) is 4.99. The summed E-state index contributed by atoms with van der Waals surface area (Å²) in [5, 5.41) is 2.49. The number of imide groups is 1. The maximum atomic E-state index is 11.6. The highest BCUT2D eigenvalue weighted by Gasteiger charge is 2.32. The van der Waals surface area contributed by atoms with Gasteiger partial charge in [-0.3, -0.25) is 4.79 Å². The molecule has 1 aromatic rings. The summed E-state index contributed by atoms with van der Waals surface area (Å²) < 4.78 is 0. The molecule has 0 aliphatic carbocycles. The van der Waals surface area contributed by atoms with E-state index in [0.717, 1.165) is 16.0 Å². The van der Waals surface area contributed by atoms with Gasteiger partial charge >= 0.3 is 6.03 Å². The van der Waals surface area contributed by atoms with Crippen LogP contribution in [0.2, 0.25) is 0 Å². The maximum absolute atomic E-state index is 11.6. The SMILES string of the molecule is Cc1ccc(N)c(C)c1N1C(=O)CNC1=O. The summed E-state index contributed by atoms with van der Waals surface area (Å²) in [6.45, 7) is 3.70. The Labute approximate surface area is 93.2 Å². The summed E-state index contributed by atoms with van der Waals surface area (Å²) >= 11 is 0. The molecule has 5 nitrogen and oxygen atoms in total. The molecule has 1 aliphatic rings. The molecule has 84 valence electrons. The number of aryl methyl sites for hydroxylation is 1. The molecule has 16 heavy (non-hydrogen) atoms. The molecule has 0 aromatic heterocycles. The zero-order chi connectivity index (χ0) is 11.9. The van der Waals surface area contributed by atoms with E-state index in [1.54, 1.807) is 19.1 Å². The Hall–Kier alpha value is -2.04. The number of nitrogens with zero attached hydrogens (tertiary/aromatic N) is 1. The average Bonchev–Trinajstić information content (AvgIpc) is 2.56. The summed E-state index contributed by atoms with van der Waals surface area (Å²) in [7, 11) is 0. The first-order valence-corrected chi connectivity index (χ1v) is 4.99. The lowest BCUT2D eigenvalue weighted by Crippen LogP contribution is -2.32. The number of hydrogen-bond acceptors (Lipinski definition) is 3. The standard InChI is InChI=1S/C11H13N3O2/c1-6-3-4-8(12)7(2)10(6)14-9(15)5-13-11(14)16/h3-4H,5,12H2,1-2H3,(H,13,16). The molecule has 5 heteroatoms. The van der Waals surface area contributed by atoms with Gasteiger partial charge in [0.2, 0.25) is 0 Å². The van der Waals surface area contributed by atoms with E-state index < -0.39 is 0 Å². The number of anilines is 2. The van der Waals surface area contributed by atoms with Crippen LogP contribution in [0.15, 0.2) is 12.1 Å². The fraction of sp³-hybridized carbons (Fsp3) is 0.273. The molecule has 0 bridgehead atoms. The third-order valence-corrected chi connectivity index (χ3v) is 2.74. The number of urea groups is 1. The fourth-order valence-corrected chi connectivity index (χ4v) is 1.84. The van der Waals surface area contributed by atoms with Crippen LogP contribution in [0.25, 0.3) is 0 Å². The van der Waals surface area contributed by atoms with Crippen LogP contribution in [0.3, 0.4) is 0 Å². The van der Waals surface area contributed by atoms with E-state index in [4.69, 9.17) is 5.73 Å². The van der Waals surface area contributed by atoms with Gasteiger partial charge in [0.15, 0.2) is 0 Å². The van der Waals surface area contributed by atoms with E-state index in [-0.39, 0.29) is 18.5 Å². The molecule has 0 spiro atoms. The molecular formula is C11H13N3O2. The zero-order valence-corrected chi connectivity index (χ0v) is 9.20. The second-order valence-electron chi connectivity index (χ2n) is 3.83. The predicted octanol–water partition coefficient (Wildman–Crippen LogP) is 0.942. The van der Waals surface area contributed by atoms with Gasteiger partial charge in [0.25, 0.3) is 5.91 Å². The number of nitrogens with one attached hydrogen (secondary N) is 1. The van der Waals surface area contributed by atoms with Crippen LogP contribution >= 0.6 is 0 Å². The highest BCUT2D eigenvalue weighted by atomic mass is 16.2. The highest BCUT2D eigenvalue weighted by molar-refractivity contribution is 6.20. The quantitative estimate of drug-likeness (QED) is 0.545. The van der Waals surface area contributed by atoms with Gasteiger partial charge in [-0.25, -0.2) is 9.69 Å². The molecule has 2 rings (SSSR count). The number of hydrogen-bond donors (Lipinski definition) is 2. The van der Waals surface area contributed by atoms with Crippen molar-refractivity contribution in [2.45, 2.75) is 13.8 Å². The third-order valence-electron chi connectivity index (χ3n) is 2.74. The molecule has 3 amide bonds. The van der Waals surface area contributed by atoms with Crippen molar-refractivity contribution < 1.29 is 9.59 Å². The van der Waals surface area contributed by atoms with Crippen LogP contribution in [0.1, 0.15) is 11.1 Å². The van der Waals surface area contributed by atoms with Crippen molar-refractivity contribution in [3.8, 4) is 0 Å². The van der Waals surface area contributed by atoms with Crippen LogP contribution in [0.5, 0.6) is 0 Å². The topological polar surface area (TPSA) is 75.4 Å². The van der Waals surface area contributed by atoms with Crippen molar-refractivity contribution in [3.05, 3.63) is 23.3 Å². The Morgan fingerprint density at radius 1 is 1.31 bits per heavy atom. The summed E-state index contributed by atoms with van der Waals surface area (Å²) in [4.78, 5) is 24.3. The normalized spacial score (nSPS) is 15.5. The van der Waals surface area contributed by atoms with Crippen LogP contribution in [-0.2, 0) is 4.79 Å². The van der Waals surface area contributed by atoms with E-state index in [0.29, 0.717) is 11.4 Å². The molecule has 1 fully saturated rings. The minimum atomic E-state index is -0.387. The number of carbonyl (C=O) groups is 2. The molecule has 0 saturated carbocycles. The molecule has 3 N–H and O–H groups in total. The number of nitrogens with two attached hydrogens (primary N) is 1. The summed E-state index contributed by atoms with van der Waals surface area (Å²) in [5.74, 6) is -0.248. The van der Waals surface area contributed by atoms with Crippen LogP contribution in [-0.4, -0.2) is 18.5 Å². The Morgan fingerprint density at radius 3 is 2.56 bits per heavy atom.